The Morgan fingerprint density at radius 2 is 1.94 bits per heavy atom. The predicted molar refractivity (Wildman–Crippen MR) is 66.2 cm³/mol. The highest BCUT2D eigenvalue weighted by molar-refractivity contribution is 5.53. The van der Waals surface area contributed by atoms with Gasteiger partial charge in [-0.05, 0) is 6.42 Å². The Balaban J connectivity index is 2.35. The van der Waals surface area contributed by atoms with Crippen molar-refractivity contribution in [3.05, 3.63) is 18.7 Å². The van der Waals surface area contributed by atoms with Crippen LogP contribution in [0.4, 0.5) is 5.95 Å². The summed E-state index contributed by atoms with van der Waals surface area (Å²) in [6.07, 6.45) is 5.73. The molecular weight excluding hydrogens is 232 g/mol. The lowest BCUT2D eigenvalue weighted by molar-refractivity contribution is 0.379. The van der Waals surface area contributed by atoms with Crippen molar-refractivity contribution in [3.8, 4) is 17.4 Å². The van der Waals surface area contributed by atoms with E-state index < -0.39 is 0 Å². The van der Waals surface area contributed by atoms with Gasteiger partial charge in [0.25, 0.3) is 0 Å². The smallest absolute Gasteiger partial charge is 0.321 e. The van der Waals surface area contributed by atoms with Gasteiger partial charge in [0, 0.05) is 18.9 Å². The summed E-state index contributed by atoms with van der Waals surface area (Å²) in [6, 6.07) is 0.266. The van der Waals surface area contributed by atoms with Crippen LogP contribution < -0.4 is 10.1 Å². The van der Waals surface area contributed by atoms with Crippen LogP contribution in [0.15, 0.2) is 18.7 Å². The number of rotatable bonds is 5. The van der Waals surface area contributed by atoms with Gasteiger partial charge in [-0.3, -0.25) is 0 Å². The first-order chi connectivity index (χ1) is 8.83. The number of hydrogen-bond donors (Lipinski definition) is 1. The number of hydrogen-bond acceptors (Lipinski definition) is 7. The summed E-state index contributed by atoms with van der Waals surface area (Å²) in [5, 5.41) is 3.10. The Labute approximate surface area is 105 Å². The topological polar surface area (TPSA) is 85.7 Å². The molecule has 2 aromatic rings. The Kier molecular flexibility index (Phi) is 3.95. The Morgan fingerprint density at radius 3 is 2.61 bits per heavy atom. The van der Waals surface area contributed by atoms with Crippen molar-refractivity contribution in [2.45, 2.75) is 13.3 Å². The van der Waals surface area contributed by atoms with Crippen molar-refractivity contribution in [1.29, 1.82) is 0 Å². The third-order valence-electron chi connectivity index (χ3n) is 2.15. The molecular formula is C11H14N6O. The molecule has 7 heteroatoms. The molecule has 0 aliphatic carbocycles. The minimum atomic E-state index is 0.266. The van der Waals surface area contributed by atoms with Crippen molar-refractivity contribution < 1.29 is 4.74 Å². The number of anilines is 1. The van der Waals surface area contributed by atoms with E-state index in [0.717, 1.165) is 18.5 Å². The van der Waals surface area contributed by atoms with Crippen molar-refractivity contribution in [2.75, 3.05) is 19.0 Å². The lowest BCUT2D eigenvalue weighted by Gasteiger charge is -2.06. The molecule has 7 nitrogen and oxygen atoms in total. The molecule has 0 atom stereocenters. The number of methoxy groups -OCH3 is 1. The quantitative estimate of drug-likeness (QED) is 0.847. The molecule has 0 amide bonds. The summed E-state index contributed by atoms with van der Waals surface area (Å²) >= 11 is 0. The van der Waals surface area contributed by atoms with Gasteiger partial charge in [-0.25, -0.2) is 9.97 Å². The number of ether oxygens (including phenoxy) is 1. The summed E-state index contributed by atoms with van der Waals surface area (Å²) in [5.41, 5.74) is 0.720. The first-order valence-corrected chi connectivity index (χ1v) is 5.62. The molecule has 0 aliphatic rings. The number of nitrogens with one attached hydrogen (secondary N) is 1. The average Bonchev–Trinajstić information content (AvgIpc) is 2.45. The second-order valence-corrected chi connectivity index (χ2v) is 3.52. The normalized spacial score (nSPS) is 10.1. The molecule has 0 unspecified atom stereocenters. The fourth-order valence-corrected chi connectivity index (χ4v) is 1.31. The average molecular weight is 246 g/mol. The van der Waals surface area contributed by atoms with Crippen LogP contribution in [0.1, 0.15) is 13.3 Å². The van der Waals surface area contributed by atoms with Crippen molar-refractivity contribution >= 4 is 5.95 Å². The Bertz CT molecular complexity index is 504. The fraction of sp³-hybridized carbons (Fsp3) is 0.364. The zero-order chi connectivity index (χ0) is 12.8. The van der Waals surface area contributed by atoms with E-state index in [1.54, 1.807) is 12.4 Å². The molecule has 0 bridgehead atoms. The molecule has 2 heterocycles. The van der Waals surface area contributed by atoms with E-state index in [0.29, 0.717) is 11.8 Å². The standard InChI is InChI=1S/C11H14N6O/c1-3-4-14-10-15-9(16-11(17-10)18-2)8-5-12-7-13-6-8/h5-7H,3-4H2,1-2H3,(H,14,15,16,17). The van der Waals surface area contributed by atoms with Gasteiger partial charge in [-0.2, -0.15) is 15.0 Å². The molecule has 0 aliphatic heterocycles. The molecule has 0 aromatic carbocycles. The summed E-state index contributed by atoms with van der Waals surface area (Å²) < 4.78 is 5.05. The van der Waals surface area contributed by atoms with E-state index in [1.807, 2.05) is 0 Å². The molecule has 18 heavy (non-hydrogen) atoms. The van der Waals surface area contributed by atoms with Crippen LogP contribution in [0.3, 0.4) is 0 Å². The Hall–Kier alpha value is -2.31. The summed E-state index contributed by atoms with van der Waals surface area (Å²) in [5.74, 6) is 0.976. The van der Waals surface area contributed by atoms with Gasteiger partial charge in [0.15, 0.2) is 5.82 Å². The van der Waals surface area contributed by atoms with Gasteiger partial charge in [0.1, 0.15) is 6.33 Å². The van der Waals surface area contributed by atoms with Crippen LogP contribution in [0.2, 0.25) is 0 Å². The van der Waals surface area contributed by atoms with E-state index >= 15 is 0 Å². The molecule has 2 rings (SSSR count). The zero-order valence-electron chi connectivity index (χ0n) is 10.3. The first kappa shape index (κ1) is 12.2. The lowest BCUT2D eigenvalue weighted by Crippen LogP contribution is -2.07. The highest BCUT2D eigenvalue weighted by atomic mass is 16.5. The molecule has 0 saturated carbocycles. The van der Waals surface area contributed by atoms with E-state index in [1.165, 1.54) is 13.4 Å². The number of nitrogens with zero attached hydrogens (tertiary/aromatic N) is 5. The van der Waals surface area contributed by atoms with Crippen LogP contribution in [0.5, 0.6) is 6.01 Å². The Morgan fingerprint density at radius 1 is 1.17 bits per heavy atom. The SMILES string of the molecule is CCCNc1nc(OC)nc(-c2cncnc2)n1. The third-order valence-corrected chi connectivity index (χ3v) is 2.15. The summed E-state index contributed by atoms with van der Waals surface area (Å²) in [4.78, 5) is 20.5. The summed E-state index contributed by atoms with van der Waals surface area (Å²) in [7, 11) is 1.52. The molecule has 0 saturated heterocycles. The van der Waals surface area contributed by atoms with Crippen molar-refractivity contribution in [2.24, 2.45) is 0 Å². The van der Waals surface area contributed by atoms with E-state index in [2.05, 4.69) is 37.2 Å². The van der Waals surface area contributed by atoms with Gasteiger partial charge in [0.2, 0.25) is 5.95 Å². The monoisotopic (exact) mass is 246 g/mol. The van der Waals surface area contributed by atoms with Gasteiger partial charge in [-0.1, -0.05) is 6.92 Å². The van der Waals surface area contributed by atoms with Crippen LogP contribution in [0.25, 0.3) is 11.4 Å². The molecule has 2 aromatic heterocycles. The summed E-state index contributed by atoms with van der Waals surface area (Å²) in [6.45, 7) is 2.86. The minimum Gasteiger partial charge on any atom is -0.467 e. The molecule has 0 spiro atoms. The van der Waals surface area contributed by atoms with E-state index in [4.69, 9.17) is 4.74 Å². The van der Waals surface area contributed by atoms with E-state index in [-0.39, 0.29) is 6.01 Å². The molecule has 1 N–H and O–H groups in total. The van der Waals surface area contributed by atoms with Crippen LogP contribution >= 0.6 is 0 Å². The maximum atomic E-state index is 5.05. The maximum Gasteiger partial charge on any atom is 0.321 e. The number of aromatic nitrogens is 5. The zero-order valence-corrected chi connectivity index (χ0v) is 10.3. The van der Waals surface area contributed by atoms with Gasteiger partial charge < -0.3 is 10.1 Å². The lowest BCUT2D eigenvalue weighted by atomic mass is 10.3. The van der Waals surface area contributed by atoms with Crippen LogP contribution in [-0.2, 0) is 0 Å². The van der Waals surface area contributed by atoms with Gasteiger partial charge in [-0.15, -0.1) is 0 Å². The van der Waals surface area contributed by atoms with Crippen molar-refractivity contribution in [1.82, 2.24) is 24.9 Å². The van der Waals surface area contributed by atoms with Crippen LogP contribution in [0, 0.1) is 0 Å². The molecule has 0 fully saturated rings. The molecule has 0 radical (unpaired) electrons. The fourth-order valence-electron chi connectivity index (χ4n) is 1.31. The van der Waals surface area contributed by atoms with Gasteiger partial charge in [0.05, 0.1) is 12.7 Å². The molecule has 94 valence electrons. The van der Waals surface area contributed by atoms with Crippen LogP contribution in [-0.4, -0.2) is 38.6 Å². The second kappa shape index (κ2) is 5.85. The van der Waals surface area contributed by atoms with Crippen molar-refractivity contribution in [3.63, 3.8) is 0 Å². The largest absolute Gasteiger partial charge is 0.467 e. The predicted octanol–water partition coefficient (Wildman–Crippen LogP) is 1.16. The maximum absolute atomic E-state index is 5.05. The second-order valence-electron chi connectivity index (χ2n) is 3.52. The van der Waals surface area contributed by atoms with Gasteiger partial charge >= 0.3 is 6.01 Å². The highest BCUT2D eigenvalue weighted by Crippen LogP contribution is 2.16. The highest BCUT2D eigenvalue weighted by Gasteiger charge is 2.08. The third kappa shape index (κ3) is 2.88. The first-order valence-electron chi connectivity index (χ1n) is 5.62. The van der Waals surface area contributed by atoms with E-state index in [9.17, 15) is 0 Å². The minimum absolute atomic E-state index is 0.266.